The van der Waals surface area contributed by atoms with Gasteiger partial charge in [0.25, 0.3) is 0 Å². The van der Waals surface area contributed by atoms with E-state index in [9.17, 15) is 0 Å². The molecule has 0 saturated carbocycles. The summed E-state index contributed by atoms with van der Waals surface area (Å²) >= 11 is 0. The van der Waals surface area contributed by atoms with Crippen molar-refractivity contribution in [2.45, 2.75) is 133 Å². The molecule has 0 unspecified atom stereocenters. The zero-order valence-corrected chi connectivity index (χ0v) is 32.9. The Morgan fingerprint density at radius 3 is 0.800 bits per heavy atom. The summed E-state index contributed by atoms with van der Waals surface area (Å²) in [7, 11) is -7.97. The molecule has 0 atom stereocenters. The molecule has 0 saturated heterocycles. The van der Waals surface area contributed by atoms with E-state index in [1.165, 1.54) is 0 Å². The van der Waals surface area contributed by atoms with Crippen molar-refractivity contribution in [3.05, 3.63) is 28.8 Å². The minimum absolute atomic E-state index is 0. The molecule has 0 N–H and O–H groups in total. The van der Waals surface area contributed by atoms with Crippen molar-refractivity contribution in [1.29, 1.82) is 0 Å². The molecule has 0 aromatic heterocycles. The van der Waals surface area contributed by atoms with E-state index in [0.717, 1.165) is 15.5 Å². The third kappa shape index (κ3) is 9.12. The monoisotopic (exact) mass is 572 g/mol. The number of benzene rings is 1. The minimum atomic E-state index is -1.35. The van der Waals surface area contributed by atoms with E-state index < -0.39 is 48.4 Å². The van der Waals surface area contributed by atoms with Gasteiger partial charge in [0, 0.05) is 48.4 Å². The van der Waals surface area contributed by atoms with Crippen LogP contribution in [0.1, 0.15) is 32.2 Å². The fraction of sp³-hybridized carbons (Fsp3) is 0.778. The van der Waals surface area contributed by atoms with E-state index in [-0.39, 0.29) is 26.7 Å². The maximum absolute atomic E-state index is 2.86. The fourth-order valence-corrected chi connectivity index (χ4v) is 45.7. The Kier molecular flexibility index (Phi) is 11.7. The van der Waals surface area contributed by atoms with Gasteiger partial charge in [0.15, 0.2) is 0 Å². The van der Waals surface area contributed by atoms with Gasteiger partial charge in [-0.25, -0.2) is 5.46 Å². The summed E-state index contributed by atoms with van der Waals surface area (Å²) in [6.45, 7) is 48.0. The normalized spacial score (nSPS) is 14.7. The largest absolute Gasteiger partial charge is 1.00 e. The average molecular weight is 573 g/mol. The van der Waals surface area contributed by atoms with Crippen LogP contribution in [0.15, 0.2) is 12.1 Å². The van der Waals surface area contributed by atoms with E-state index >= 15 is 0 Å². The van der Waals surface area contributed by atoms with Gasteiger partial charge >= 0.3 is 18.9 Å². The second-order valence-corrected chi connectivity index (χ2v) is 50.9. The summed E-state index contributed by atoms with van der Waals surface area (Å²) in [6.07, 6.45) is 0. The first-order valence-corrected chi connectivity index (χ1v) is 34.7. The predicted molar refractivity (Wildman–Crippen MR) is 184 cm³/mol. The summed E-state index contributed by atoms with van der Waals surface area (Å²) in [5.41, 5.74) is 7.52. The van der Waals surface area contributed by atoms with Gasteiger partial charge in [-0.05, 0) is 28.9 Å². The predicted octanol–water partition coefficient (Wildman–Crippen LogP) is 5.20. The van der Waals surface area contributed by atoms with Crippen LogP contribution in [0.4, 0.5) is 0 Å². The van der Waals surface area contributed by atoms with Gasteiger partial charge in [-0.1, -0.05) is 141 Å². The Balaban J connectivity index is 0.0000116. The molecule has 0 heterocycles. The summed E-state index contributed by atoms with van der Waals surface area (Å²) in [6, 6.07) is 5.72. The summed E-state index contributed by atoms with van der Waals surface area (Å²) < 4.78 is 0. The van der Waals surface area contributed by atoms with Gasteiger partial charge in [0.2, 0.25) is 0 Å². The van der Waals surface area contributed by atoms with E-state index in [2.05, 4.69) is 130 Å². The Hall–Kier alpha value is 1.18. The van der Waals surface area contributed by atoms with Gasteiger partial charge in [-0.2, -0.15) is 0 Å². The van der Waals surface area contributed by atoms with Gasteiger partial charge < -0.3 is 0 Å². The number of rotatable bonds is 9. The van der Waals surface area contributed by atoms with Crippen LogP contribution in [-0.4, -0.2) is 56.3 Å². The zero-order chi connectivity index (χ0) is 27.5. The molecule has 0 nitrogen and oxygen atoms in total. The maximum atomic E-state index is 2.86. The van der Waals surface area contributed by atoms with Crippen LogP contribution in [0.2, 0.25) is 118 Å². The van der Waals surface area contributed by atoms with E-state index in [0.29, 0.717) is 0 Å². The molecule has 0 radical (unpaired) electrons. The van der Waals surface area contributed by atoms with Crippen LogP contribution in [0.25, 0.3) is 0 Å². The van der Waals surface area contributed by atoms with E-state index in [1.807, 2.05) is 16.6 Å². The van der Waals surface area contributed by atoms with Crippen LogP contribution in [0.3, 0.4) is 0 Å². The molecule has 0 aliphatic rings. The quantitative estimate of drug-likeness (QED) is 0.357. The third-order valence-corrected chi connectivity index (χ3v) is 35.0. The van der Waals surface area contributed by atoms with Crippen LogP contribution >= 0.6 is 0 Å². The molecule has 1 rings (SSSR count). The summed E-state index contributed by atoms with van der Waals surface area (Å²) in [5, 5.41) is 2.59. The second kappa shape index (κ2) is 11.4. The topological polar surface area (TPSA) is 0 Å². The molecule has 0 aliphatic carbocycles. The van der Waals surface area contributed by atoms with Crippen molar-refractivity contribution < 1.29 is 18.9 Å². The molecule has 0 aliphatic heterocycles. The fourth-order valence-electron chi connectivity index (χ4n) is 7.88. The van der Waals surface area contributed by atoms with Gasteiger partial charge in [-0.15, -0.1) is 0 Å². The van der Waals surface area contributed by atoms with Crippen molar-refractivity contribution in [1.82, 2.24) is 0 Å². The zero-order valence-electron chi connectivity index (χ0n) is 26.9. The van der Waals surface area contributed by atoms with Crippen LogP contribution < -0.4 is 24.3 Å². The van der Waals surface area contributed by atoms with Crippen LogP contribution in [0, 0.1) is 0 Å². The Morgan fingerprint density at radius 2 is 0.629 bits per heavy atom. The number of hydrogen-bond donors (Lipinski definition) is 0. The van der Waals surface area contributed by atoms with E-state index in [4.69, 9.17) is 0 Å². The minimum Gasteiger partial charge on any atom is -0.215 e. The standard InChI is InChI=1S/C27H62BSi6.Li/c1-29(2,3)25(30(4,5)6)21-19-22(26(31(7,8)9)32(10,11)12)24(28)23(20-21)27(33(13,14)15)34(16,17)18;/h19-20,25-27H,1-18,28H3;/q-1;+1. The third-order valence-electron chi connectivity index (χ3n) is 7.08. The van der Waals surface area contributed by atoms with Gasteiger partial charge in [0.1, 0.15) is 0 Å². The van der Waals surface area contributed by atoms with Crippen molar-refractivity contribution >= 4 is 61.8 Å². The summed E-state index contributed by atoms with van der Waals surface area (Å²) in [5.74, 6) is 0. The molecule has 0 bridgehead atoms. The van der Waals surface area contributed by atoms with Crippen molar-refractivity contribution in [2.24, 2.45) is 0 Å². The van der Waals surface area contributed by atoms with E-state index in [1.54, 1.807) is 5.56 Å². The molecule has 0 amide bonds. The first kappa shape index (κ1) is 36.2. The first-order chi connectivity index (χ1) is 14.6. The Labute approximate surface area is 241 Å². The Morgan fingerprint density at radius 1 is 0.429 bits per heavy atom. The van der Waals surface area contributed by atoms with Gasteiger partial charge in [-0.3, -0.25) is 0 Å². The van der Waals surface area contributed by atoms with Crippen molar-refractivity contribution in [3.8, 4) is 0 Å². The second-order valence-electron chi connectivity index (χ2n) is 17.3. The molecular formula is C27H62BLiSi6. The Bertz CT molecular complexity index is 764. The smallest absolute Gasteiger partial charge is 0.215 e. The maximum Gasteiger partial charge on any atom is 1.00 e. The number of hydrogen-bond acceptors (Lipinski definition) is 0. The van der Waals surface area contributed by atoms with Gasteiger partial charge in [0.05, 0.1) is 0 Å². The van der Waals surface area contributed by atoms with Crippen LogP contribution in [0.5, 0.6) is 0 Å². The van der Waals surface area contributed by atoms with Crippen molar-refractivity contribution in [3.63, 3.8) is 0 Å². The molecule has 35 heavy (non-hydrogen) atoms. The molecule has 1 aromatic rings. The first-order valence-electron chi connectivity index (χ1n) is 13.3. The average Bonchev–Trinajstić information content (AvgIpc) is 2.42. The van der Waals surface area contributed by atoms with Crippen LogP contribution in [-0.2, 0) is 0 Å². The van der Waals surface area contributed by atoms with Crippen molar-refractivity contribution in [2.75, 3.05) is 0 Å². The molecule has 198 valence electrons. The molecule has 0 spiro atoms. The molecule has 8 heteroatoms. The molecule has 1 aromatic carbocycles. The SMILES string of the molecule is [BH3-]c1c(C([Si](C)(C)C)[Si](C)(C)C)cc(C([Si](C)(C)C)[Si](C)(C)C)cc1C([Si](C)(C)C)[Si](C)(C)C.[Li+]. The molecular weight excluding hydrogens is 511 g/mol. The summed E-state index contributed by atoms with van der Waals surface area (Å²) in [4.78, 5) is 0. The molecule has 0 fully saturated rings.